The summed E-state index contributed by atoms with van der Waals surface area (Å²) in [5.74, 6) is -6.43. The molecule has 0 saturated heterocycles. The molecule has 0 fully saturated rings. The van der Waals surface area contributed by atoms with Crippen molar-refractivity contribution >= 4 is 17.9 Å². The summed E-state index contributed by atoms with van der Waals surface area (Å²) in [4.78, 5) is 31.1. The first-order valence-electron chi connectivity index (χ1n) is 3.86. The van der Waals surface area contributed by atoms with Gasteiger partial charge in [-0.1, -0.05) is 0 Å². The van der Waals surface area contributed by atoms with Gasteiger partial charge in [0.05, 0.1) is 11.8 Å². The van der Waals surface area contributed by atoms with Crippen LogP contribution in [0.5, 0.6) is 0 Å². The molecule has 0 spiro atoms. The largest absolute Gasteiger partial charge is 0.481 e. The minimum absolute atomic E-state index is 0.231. The third-order valence-electron chi connectivity index (χ3n) is 1.79. The zero-order valence-electron chi connectivity index (χ0n) is 7.34. The van der Waals surface area contributed by atoms with E-state index in [1.54, 1.807) is 0 Å². The van der Waals surface area contributed by atoms with Crippen molar-refractivity contribution in [3.05, 3.63) is 6.92 Å². The number of carboxylic acid groups (broad SMARTS) is 3. The Morgan fingerprint density at radius 1 is 1.07 bits per heavy atom. The molecule has 0 amide bonds. The van der Waals surface area contributed by atoms with E-state index in [1.165, 1.54) is 0 Å². The van der Waals surface area contributed by atoms with Crippen LogP contribution in [-0.4, -0.2) is 33.2 Å². The Kier molecular flexibility index (Phi) is 4.62. The van der Waals surface area contributed by atoms with Crippen molar-refractivity contribution in [3.63, 3.8) is 0 Å². The van der Waals surface area contributed by atoms with E-state index in [0.29, 0.717) is 0 Å². The lowest BCUT2D eigenvalue weighted by Gasteiger charge is -2.14. The smallest absolute Gasteiger partial charge is 0.307 e. The highest BCUT2D eigenvalue weighted by atomic mass is 16.4. The number of hydrogen-bond acceptors (Lipinski definition) is 3. The van der Waals surface area contributed by atoms with Crippen LogP contribution in [0.25, 0.3) is 0 Å². The summed E-state index contributed by atoms with van der Waals surface area (Å²) in [5.41, 5.74) is 0. The van der Waals surface area contributed by atoms with Crippen molar-refractivity contribution in [2.75, 3.05) is 0 Å². The molecule has 0 aliphatic heterocycles. The van der Waals surface area contributed by atoms with Crippen molar-refractivity contribution in [2.24, 2.45) is 11.8 Å². The zero-order valence-corrected chi connectivity index (χ0v) is 7.34. The van der Waals surface area contributed by atoms with Crippen LogP contribution in [-0.2, 0) is 14.4 Å². The van der Waals surface area contributed by atoms with Crippen molar-refractivity contribution in [1.82, 2.24) is 0 Å². The lowest BCUT2D eigenvalue weighted by Crippen LogP contribution is -2.28. The van der Waals surface area contributed by atoms with Crippen molar-refractivity contribution in [1.29, 1.82) is 0 Å². The van der Waals surface area contributed by atoms with Crippen LogP contribution < -0.4 is 0 Å². The molecule has 2 unspecified atom stereocenters. The van der Waals surface area contributed by atoms with Crippen LogP contribution in [0.4, 0.5) is 0 Å². The Labute approximate surface area is 80.2 Å². The summed E-state index contributed by atoms with van der Waals surface area (Å²) in [6.07, 6.45) is -0.610. The fourth-order valence-electron chi connectivity index (χ4n) is 0.948. The number of carboxylic acids is 3. The van der Waals surface area contributed by atoms with Gasteiger partial charge in [0.2, 0.25) is 0 Å². The Hall–Kier alpha value is -1.59. The zero-order chi connectivity index (χ0) is 11.3. The Morgan fingerprint density at radius 3 is 1.86 bits per heavy atom. The summed E-state index contributed by atoms with van der Waals surface area (Å²) >= 11 is 0. The van der Waals surface area contributed by atoms with Gasteiger partial charge in [0.25, 0.3) is 0 Å². The fraction of sp³-hybridized carbons (Fsp3) is 0.500. The first-order valence-corrected chi connectivity index (χ1v) is 3.86. The highest BCUT2D eigenvalue weighted by Gasteiger charge is 2.30. The summed E-state index contributed by atoms with van der Waals surface area (Å²) in [6.45, 7) is 3.16. The number of aliphatic carboxylic acids is 3. The van der Waals surface area contributed by atoms with Crippen molar-refractivity contribution in [2.45, 2.75) is 12.8 Å². The maximum atomic E-state index is 10.6. The van der Waals surface area contributed by atoms with Crippen LogP contribution in [0.15, 0.2) is 0 Å². The van der Waals surface area contributed by atoms with Crippen LogP contribution in [0.3, 0.4) is 0 Å². The van der Waals surface area contributed by atoms with Crippen LogP contribution in [0.2, 0.25) is 0 Å². The summed E-state index contributed by atoms with van der Waals surface area (Å²) in [7, 11) is 0. The Bertz CT molecular complexity index is 246. The standard InChI is InChI=1S/C8H11O6/c1-4(7(11)12)5(8(13)14)2-3-6(9)10/h4-5H,1-3H2,(H,9,10)(H,11,12)(H,13,14). The fourth-order valence-corrected chi connectivity index (χ4v) is 0.948. The molecule has 0 aromatic rings. The van der Waals surface area contributed by atoms with Crippen molar-refractivity contribution in [3.8, 4) is 0 Å². The monoisotopic (exact) mass is 203 g/mol. The summed E-state index contributed by atoms with van der Waals surface area (Å²) in [6, 6.07) is 0. The molecule has 6 nitrogen and oxygen atoms in total. The van der Waals surface area contributed by atoms with Gasteiger partial charge in [0.15, 0.2) is 0 Å². The Morgan fingerprint density at radius 2 is 1.57 bits per heavy atom. The highest BCUT2D eigenvalue weighted by Crippen LogP contribution is 2.17. The molecule has 0 heterocycles. The molecule has 6 heteroatoms. The van der Waals surface area contributed by atoms with Gasteiger partial charge in [0.1, 0.15) is 0 Å². The molecular formula is C8H11O6. The third kappa shape index (κ3) is 3.88. The van der Waals surface area contributed by atoms with E-state index < -0.39 is 29.7 Å². The predicted molar refractivity (Wildman–Crippen MR) is 44.5 cm³/mol. The van der Waals surface area contributed by atoms with Crippen LogP contribution >= 0.6 is 0 Å². The van der Waals surface area contributed by atoms with Gasteiger partial charge in [-0.15, -0.1) is 0 Å². The van der Waals surface area contributed by atoms with Gasteiger partial charge in [-0.05, 0) is 13.3 Å². The Balaban J connectivity index is 4.37. The summed E-state index contributed by atoms with van der Waals surface area (Å²) in [5, 5.41) is 25.4. The predicted octanol–water partition coefficient (Wildman–Crippen LogP) is 0.0869. The number of hydrogen-bond donors (Lipinski definition) is 3. The van der Waals surface area contributed by atoms with E-state index in [-0.39, 0.29) is 12.8 Å². The average Bonchev–Trinajstić information content (AvgIpc) is 2.02. The molecule has 79 valence electrons. The van der Waals surface area contributed by atoms with E-state index in [1.807, 2.05) is 0 Å². The molecule has 0 aromatic carbocycles. The van der Waals surface area contributed by atoms with Gasteiger partial charge >= 0.3 is 17.9 Å². The topological polar surface area (TPSA) is 112 Å². The molecule has 3 N–H and O–H groups in total. The van der Waals surface area contributed by atoms with E-state index in [0.717, 1.165) is 0 Å². The maximum absolute atomic E-state index is 10.6. The normalized spacial score (nSPS) is 14.4. The van der Waals surface area contributed by atoms with Crippen LogP contribution in [0, 0.1) is 18.8 Å². The molecule has 0 rings (SSSR count). The minimum atomic E-state index is -1.34. The molecular weight excluding hydrogens is 192 g/mol. The molecule has 0 bridgehead atoms. The SMILES string of the molecule is [CH2]C(C(=O)O)C(CCC(=O)O)C(=O)O. The molecule has 0 aliphatic carbocycles. The highest BCUT2D eigenvalue weighted by molar-refractivity contribution is 5.81. The van der Waals surface area contributed by atoms with E-state index in [2.05, 4.69) is 6.92 Å². The number of rotatable bonds is 6. The van der Waals surface area contributed by atoms with E-state index in [9.17, 15) is 14.4 Å². The van der Waals surface area contributed by atoms with Crippen molar-refractivity contribution < 1.29 is 29.7 Å². The molecule has 14 heavy (non-hydrogen) atoms. The maximum Gasteiger partial charge on any atom is 0.307 e. The van der Waals surface area contributed by atoms with Crippen LogP contribution in [0.1, 0.15) is 12.8 Å². The van der Waals surface area contributed by atoms with Gasteiger partial charge in [-0.25, -0.2) is 0 Å². The minimum Gasteiger partial charge on any atom is -0.481 e. The average molecular weight is 203 g/mol. The first-order chi connectivity index (χ1) is 6.36. The quantitative estimate of drug-likeness (QED) is 0.563. The lowest BCUT2D eigenvalue weighted by molar-refractivity contribution is -0.152. The van der Waals surface area contributed by atoms with E-state index in [4.69, 9.17) is 15.3 Å². The van der Waals surface area contributed by atoms with Gasteiger partial charge < -0.3 is 15.3 Å². The first kappa shape index (κ1) is 12.4. The van der Waals surface area contributed by atoms with Gasteiger partial charge in [0, 0.05) is 6.42 Å². The number of carbonyl (C=O) groups is 3. The van der Waals surface area contributed by atoms with E-state index >= 15 is 0 Å². The lowest BCUT2D eigenvalue weighted by atomic mass is 9.90. The van der Waals surface area contributed by atoms with Gasteiger partial charge in [-0.2, -0.15) is 0 Å². The molecule has 0 aromatic heterocycles. The molecule has 2 atom stereocenters. The summed E-state index contributed by atoms with van der Waals surface area (Å²) < 4.78 is 0. The second-order valence-electron chi connectivity index (χ2n) is 2.82. The van der Waals surface area contributed by atoms with Gasteiger partial charge in [-0.3, -0.25) is 14.4 Å². The molecule has 1 radical (unpaired) electrons. The second-order valence-corrected chi connectivity index (χ2v) is 2.82. The molecule has 0 aliphatic rings. The molecule has 0 saturated carbocycles. The second kappa shape index (κ2) is 5.21. The third-order valence-corrected chi connectivity index (χ3v) is 1.79.